The van der Waals surface area contributed by atoms with Gasteiger partial charge in [0, 0.05) is 24.2 Å². The third kappa shape index (κ3) is 3.85. The normalized spacial score (nSPS) is 20.9. The van der Waals surface area contributed by atoms with Crippen LogP contribution in [0, 0.1) is 5.92 Å². The quantitative estimate of drug-likeness (QED) is 0.839. The van der Waals surface area contributed by atoms with Crippen LogP contribution in [0.4, 0.5) is 5.69 Å². The fraction of sp³-hybridized carbons (Fsp3) is 0.500. The summed E-state index contributed by atoms with van der Waals surface area (Å²) in [6.07, 6.45) is 1.61. The Balaban J connectivity index is 2.12. The summed E-state index contributed by atoms with van der Waals surface area (Å²) in [5.41, 5.74) is 0.421. The Morgan fingerprint density at radius 1 is 1.50 bits per heavy atom. The number of hydrogen-bond acceptors (Lipinski definition) is 3. The van der Waals surface area contributed by atoms with Crippen LogP contribution in [0.5, 0.6) is 0 Å². The van der Waals surface area contributed by atoms with Gasteiger partial charge in [-0.3, -0.25) is 4.72 Å². The predicted molar refractivity (Wildman–Crippen MR) is 83.1 cm³/mol. The van der Waals surface area contributed by atoms with E-state index in [9.17, 15) is 8.42 Å². The zero-order valence-corrected chi connectivity index (χ0v) is 13.9. The van der Waals surface area contributed by atoms with E-state index in [1.54, 1.807) is 18.2 Å². The van der Waals surface area contributed by atoms with E-state index >= 15 is 0 Å². The van der Waals surface area contributed by atoms with E-state index < -0.39 is 10.2 Å². The lowest BCUT2D eigenvalue weighted by Crippen LogP contribution is -2.43. The Hall–Kier alpha value is -0.340. The molecule has 1 unspecified atom stereocenters. The predicted octanol–water partition coefficient (Wildman–Crippen LogP) is 2.46. The molecule has 0 aromatic heterocycles. The number of nitrogens with zero attached hydrogens (tertiary/aromatic N) is 1. The van der Waals surface area contributed by atoms with E-state index in [0.717, 1.165) is 12.8 Å². The first-order chi connectivity index (χ1) is 9.42. The molecule has 0 amide bonds. The molecule has 1 saturated heterocycles. The third-order valence-corrected chi connectivity index (χ3v) is 5.98. The second-order valence-corrected chi connectivity index (χ2v) is 7.72. The molecule has 1 atom stereocenters. The van der Waals surface area contributed by atoms with Crippen molar-refractivity contribution < 1.29 is 13.5 Å². The van der Waals surface area contributed by atoms with Crippen molar-refractivity contribution in [3.8, 4) is 0 Å². The van der Waals surface area contributed by atoms with Crippen molar-refractivity contribution in [1.29, 1.82) is 0 Å². The lowest BCUT2D eigenvalue weighted by atomic mass is 10.0. The Morgan fingerprint density at radius 3 is 2.90 bits per heavy atom. The molecule has 0 aliphatic carbocycles. The molecule has 1 aliphatic heterocycles. The maximum atomic E-state index is 12.3. The van der Waals surface area contributed by atoms with Gasteiger partial charge >= 0.3 is 10.2 Å². The molecule has 0 bridgehead atoms. The summed E-state index contributed by atoms with van der Waals surface area (Å²) in [6, 6.07) is 4.88. The van der Waals surface area contributed by atoms with Crippen molar-refractivity contribution in [2.45, 2.75) is 12.8 Å². The number of nitrogens with one attached hydrogen (secondary N) is 1. The summed E-state index contributed by atoms with van der Waals surface area (Å²) in [7, 11) is -3.61. The van der Waals surface area contributed by atoms with Crippen LogP contribution in [0.1, 0.15) is 12.8 Å². The van der Waals surface area contributed by atoms with Crippen molar-refractivity contribution in [2.24, 2.45) is 5.92 Å². The zero-order chi connectivity index (χ0) is 14.8. The smallest absolute Gasteiger partial charge is 0.301 e. The molecule has 0 saturated carbocycles. The fourth-order valence-electron chi connectivity index (χ4n) is 2.17. The van der Waals surface area contributed by atoms with Crippen molar-refractivity contribution in [2.75, 3.05) is 24.4 Å². The standard InChI is InChI=1S/C12H16BrClN2O3S/c13-11-4-3-10(6-12(11)14)15-20(18,19)16-5-1-2-9(7-16)8-17/h3-4,6,9,15,17H,1-2,5,7-8H2. The number of halogens is 2. The zero-order valence-electron chi connectivity index (χ0n) is 10.7. The molecule has 2 N–H and O–H groups in total. The van der Waals surface area contributed by atoms with E-state index in [0.29, 0.717) is 28.3 Å². The van der Waals surface area contributed by atoms with Crippen molar-refractivity contribution in [3.05, 3.63) is 27.7 Å². The fourth-order valence-corrected chi connectivity index (χ4v) is 3.92. The van der Waals surface area contributed by atoms with Gasteiger partial charge in [-0.1, -0.05) is 11.6 Å². The first-order valence-corrected chi connectivity index (χ1v) is 8.87. The highest BCUT2D eigenvalue weighted by atomic mass is 79.9. The molecule has 1 heterocycles. The van der Waals surface area contributed by atoms with E-state index in [1.165, 1.54) is 4.31 Å². The van der Waals surface area contributed by atoms with E-state index in [4.69, 9.17) is 16.7 Å². The molecular weight excluding hydrogens is 368 g/mol. The maximum absolute atomic E-state index is 12.3. The molecule has 5 nitrogen and oxygen atoms in total. The summed E-state index contributed by atoms with van der Waals surface area (Å²) in [6.45, 7) is 0.822. The van der Waals surface area contributed by atoms with Gasteiger partial charge in [0.2, 0.25) is 0 Å². The Kier molecular flexibility index (Phi) is 5.30. The van der Waals surface area contributed by atoms with Crippen LogP contribution in [0.15, 0.2) is 22.7 Å². The molecule has 20 heavy (non-hydrogen) atoms. The van der Waals surface area contributed by atoms with Gasteiger partial charge in [0.05, 0.1) is 10.7 Å². The van der Waals surface area contributed by atoms with Gasteiger partial charge in [-0.05, 0) is 52.9 Å². The van der Waals surface area contributed by atoms with Crippen LogP contribution in [0.25, 0.3) is 0 Å². The monoisotopic (exact) mass is 382 g/mol. The summed E-state index contributed by atoms with van der Waals surface area (Å²) in [5, 5.41) is 9.61. The number of piperidine rings is 1. The van der Waals surface area contributed by atoms with Crippen LogP contribution in [0.2, 0.25) is 5.02 Å². The van der Waals surface area contributed by atoms with Gasteiger partial charge in [-0.2, -0.15) is 12.7 Å². The summed E-state index contributed by atoms with van der Waals surface area (Å²) in [5.74, 6) is 0.00818. The average Bonchev–Trinajstić information content (AvgIpc) is 2.43. The van der Waals surface area contributed by atoms with Gasteiger partial charge in [-0.25, -0.2) is 0 Å². The highest BCUT2D eigenvalue weighted by Crippen LogP contribution is 2.27. The van der Waals surface area contributed by atoms with E-state index in [2.05, 4.69) is 20.7 Å². The van der Waals surface area contributed by atoms with Gasteiger partial charge < -0.3 is 5.11 Å². The number of benzene rings is 1. The first kappa shape index (κ1) is 16.0. The third-order valence-electron chi connectivity index (χ3n) is 3.25. The minimum atomic E-state index is -3.61. The summed E-state index contributed by atoms with van der Waals surface area (Å²) in [4.78, 5) is 0. The molecule has 1 aromatic carbocycles. The van der Waals surface area contributed by atoms with E-state index in [-0.39, 0.29) is 12.5 Å². The lowest BCUT2D eigenvalue weighted by Gasteiger charge is -2.31. The van der Waals surface area contributed by atoms with Crippen LogP contribution < -0.4 is 4.72 Å². The molecular formula is C12H16BrClN2O3S. The molecule has 2 rings (SSSR count). The van der Waals surface area contributed by atoms with Crippen molar-refractivity contribution in [1.82, 2.24) is 4.31 Å². The maximum Gasteiger partial charge on any atom is 0.301 e. The van der Waals surface area contributed by atoms with E-state index in [1.807, 2.05) is 0 Å². The van der Waals surface area contributed by atoms with Crippen molar-refractivity contribution >= 4 is 43.4 Å². The van der Waals surface area contributed by atoms with Crippen LogP contribution >= 0.6 is 27.5 Å². The molecule has 0 spiro atoms. The number of anilines is 1. The molecule has 1 aromatic rings. The van der Waals surface area contributed by atoms with Gasteiger partial charge in [0.15, 0.2) is 0 Å². The van der Waals surface area contributed by atoms with Crippen LogP contribution in [-0.4, -0.2) is 37.5 Å². The Labute approximate surface area is 132 Å². The minimum absolute atomic E-state index is 0.00818. The Bertz CT molecular complexity index is 582. The highest BCUT2D eigenvalue weighted by molar-refractivity contribution is 9.10. The highest BCUT2D eigenvalue weighted by Gasteiger charge is 2.28. The number of aliphatic hydroxyl groups is 1. The molecule has 8 heteroatoms. The molecule has 112 valence electrons. The summed E-state index contributed by atoms with van der Waals surface area (Å²) < 4.78 is 29.2. The first-order valence-electron chi connectivity index (χ1n) is 6.26. The Morgan fingerprint density at radius 2 is 2.25 bits per heavy atom. The second-order valence-electron chi connectivity index (χ2n) is 4.78. The largest absolute Gasteiger partial charge is 0.396 e. The molecule has 0 radical (unpaired) electrons. The van der Waals surface area contributed by atoms with Gasteiger partial charge in [0.25, 0.3) is 0 Å². The number of aliphatic hydroxyl groups excluding tert-OH is 1. The number of rotatable bonds is 4. The van der Waals surface area contributed by atoms with Gasteiger partial charge in [-0.15, -0.1) is 0 Å². The molecule has 1 aliphatic rings. The minimum Gasteiger partial charge on any atom is -0.396 e. The lowest BCUT2D eigenvalue weighted by molar-refractivity contribution is 0.166. The SMILES string of the molecule is O=S(=O)(Nc1ccc(Br)c(Cl)c1)N1CCCC(CO)C1. The second kappa shape index (κ2) is 6.62. The topological polar surface area (TPSA) is 69.6 Å². The van der Waals surface area contributed by atoms with Crippen LogP contribution in [0.3, 0.4) is 0 Å². The summed E-state index contributed by atoms with van der Waals surface area (Å²) >= 11 is 9.20. The average molecular weight is 384 g/mol. The van der Waals surface area contributed by atoms with Crippen molar-refractivity contribution in [3.63, 3.8) is 0 Å². The van der Waals surface area contributed by atoms with Crippen LogP contribution in [-0.2, 0) is 10.2 Å². The number of hydrogen-bond donors (Lipinski definition) is 2. The molecule has 1 fully saturated rings. The van der Waals surface area contributed by atoms with Gasteiger partial charge in [0.1, 0.15) is 0 Å².